The highest BCUT2D eigenvalue weighted by atomic mass is 35.5. The maximum Gasteiger partial charge on any atom is 0.142 e. The van der Waals surface area contributed by atoms with Gasteiger partial charge >= 0.3 is 0 Å². The normalized spacial score (nSPS) is 12.7. The van der Waals surface area contributed by atoms with Gasteiger partial charge in [0.15, 0.2) is 0 Å². The van der Waals surface area contributed by atoms with Crippen molar-refractivity contribution in [1.82, 2.24) is 0 Å². The van der Waals surface area contributed by atoms with Gasteiger partial charge in [-0.2, -0.15) is 0 Å². The molecular formula is C17H19ClN2O. The van der Waals surface area contributed by atoms with Gasteiger partial charge in [0.1, 0.15) is 5.75 Å². The zero-order valence-corrected chi connectivity index (χ0v) is 12.8. The van der Waals surface area contributed by atoms with Crippen LogP contribution in [0.15, 0.2) is 36.4 Å². The molecule has 0 aromatic heterocycles. The van der Waals surface area contributed by atoms with E-state index in [1.807, 2.05) is 25.1 Å². The van der Waals surface area contributed by atoms with Crippen LogP contribution in [0.3, 0.4) is 0 Å². The molecule has 110 valence electrons. The van der Waals surface area contributed by atoms with E-state index >= 15 is 0 Å². The Bertz CT molecular complexity index is 643. The van der Waals surface area contributed by atoms with Crippen LogP contribution in [0.1, 0.15) is 18.1 Å². The second-order valence-electron chi connectivity index (χ2n) is 5.06. The molecule has 2 aromatic rings. The summed E-state index contributed by atoms with van der Waals surface area (Å²) in [5.74, 6) is 0.836. The molecule has 3 nitrogen and oxygen atoms in total. The van der Waals surface area contributed by atoms with Crippen LogP contribution in [0.2, 0.25) is 5.02 Å². The van der Waals surface area contributed by atoms with Gasteiger partial charge in [-0.15, -0.1) is 0 Å². The molecule has 0 fully saturated rings. The molecule has 1 aliphatic rings. The number of benzene rings is 2. The third kappa shape index (κ3) is 3.08. The van der Waals surface area contributed by atoms with Crippen LogP contribution in [0.4, 0.5) is 11.4 Å². The van der Waals surface area contributed by atoms with E-state index in [9.17, 15) is 0 Å². The summed E-state index contributed by atoms with van der Waals surface area (Å²) in [5, 5.41) is 7.60. The number of fused-ring (bicyclic) bond motifs is 1. The Hall–Kier alpha value is -1.87. The Labute approximate surface area is 130 Å². The Kier molecular flexibility index (Phi) is 4.20. The molecule has 0 amide bonds. The monoisotopic (exact) mass is 302 g/mol. The summed E-state index contributed by atoms with van der Waals surface area (Å²) in [7, 11) is 0. The molecule has 0 spiro atoms. The maximum absolute atomic E-state index is 6.08. The van der Waals surface area contributed by atoms with Crippen LogP contribution >= 0.6 is 11.6 Å². The van der Waals surface area contributed by atoms with Gasteiger partial charge in [-0.3, -0.25) is 0 Å². The lowest BCUT2D eigenvalue weighted by Crippen LogP contribution is -2.05. The molecule has 0 saturated carbocycles. The zero-order valence-electron chi connectivity index (χ0n) is 12.1. The Morgan fingerprint density at radius 1 is 1.29 bits per heavy atom. The zero-order chi connectivity index (χ0) is 14.7. The Morgan fingerprint density at radius 2 is 2.19 bits per heavy atom. The van der Waals surface area contributed by atoms with Crippen LogP contribution in [0.5, 0.6) is 5.75 Å². The van der Waals surface area contributed by atoms with Crippen molar-refractivity contribution < 1.29 is 4.74 Å². The van der Waals surface area contributed by atoms with E-state index in [-0.39, 0.29) is 0 Å². The third-order valence-electron chi connectivity index (χ3n) is 3.64. The first-order valence-electron chi connectivity index (χ1n) is 7.29. The number of hydrogen-bond donors (Lipinski definition) is 2. The molecule has 0 aliphatic carbocycles. The average Bonchev–Trinajstić information content (AvgIpc) is 2.96. The van der Waals surface area contributed by atoms with E-state index in [0.29, 0.717) is 11.6 Å². The maximum atomic E-state index is 6.08. The van der Waals surface area contributed by atoms with Gasteiger partial charge in [0.2, 0.25) is 0 Å². The molecule has 0 saturated heterocycles. The van der Waals surface area contributed by atoms with Crippen molar-refractivity contribution >= 4 is 23.0 Å². The predicted octanol–water partition coefficient (Wildman–Crippen LogP) is 4.32. The SMILES string of the molecule is CCOc1ccc(Cl)cc1NCc1cccc2c1NCC2. The van der Waals surface area contributed by atoms with Gasteiger partial charge in [0, 0.05) is 23.8 Å². The van der Waals surface area contributed by atoms with Crippen LogP contribution in [-0.4, -0.2) is 13.2 Å². The quantitative estimate of drug-likeness (QED) is 0.863. The van der Waals surface area contributed by atoms with E-state index < -0.39 is 0 Å². The minimum atomic E-state index is 0.638. The number of ether oxygens (including phenoxy) is 1. The van der Waals surface area contributed by atoms with Crippen LogP contribution in [-0.2, 0) is 13.0 Å². The summed E-state index contributed by atoms with van der Waals surface area (Å²) in [5.41, 5.74) is 4.86. The predicted molar refractivity (Wildman–Crippen MR) is 88.6 cm³/mol. The summed E-state index contributed by atoms with van der Waals surface area (Å²) in [6.45, 7) is 4.38. The molecule has 2 N–H and O–H groups in total. The van der Waals surface area contributed by atoms with Gasteiger partial charge in [-0.1, -0.05) is 29.8 Å². The first kappa shape index (κ1) is 14.1. The summed E-state index contributed by atoms with van der Waals surface area (Å²) in [4.78, 5) is 0. The van der Waals surface area contributed by atoms with Crippen molar-refractivity contribution in [1.29, 1.82) is 0 Å². The van der Waals surface area contributed by atoms with Crippen molar-refractivity contribution in [3.63, 3.8) is 0 Å². The first-order chi connectivity index (χ1) is 10.3. The van der Waals surface area contributed by atoms with E-state index in [0.717, 1.165) is 30.9 Å². The Balaban J connectivity index is 1.79. The number of halogens is 1. The van der Waals surface area contributed by atoms with Crippen molar-refractivity contribution in [2.75, 3.05) is 23.8 Å². The molecule has 1 heterocycles. The fourth-order valence-corrected chi connectivity index (χ4v) is 2.84. The van der Waals surface area contributed by atoms with Gasteiger partial charge < -0.3 is 15.4 Å². The fourth-order valence-electron chi connectivity index (χ4n) is 2.67. The van der Waals surface area contributed by atoms with E-state index in [1.165, 1.54) is 16.8 Å². The number of para-hydroxylation sites is 1. The highest BCUT2D eigenvalue weighted by Crippen LogP contribution is 2.31. The van der Waals surface area contributed by atoms with Gasteiger partial charge in [-0.05, 0) is 42.7 Å². The summed E-state index contributed by atoms with van der Waals surface area (Å²) >= 11 is 6.08. The summed E-state index contributed by atoms with van der Waals surface area (Å²) in [6, 6.07) is 12.1. The lowest BCUT2D eigenvalue weighted by Gasteiger charge is -2.14. The fraction of sp³-hybridized carbons (Fsp3) is 0.294. The highest BCUT2D eigenvalue weighted by Gasteiger charge is 2.13. The molecule has 21 heavy (non-hydrogen) atoms. The lowest BCUT2D eigenvalue weighted by atomic mass is 10.1. The number of rotatable bonds is 5. The van der Waals surface area contributed by atoms with E-state index in [2.05, 4.69) is 28.8 Å². The molecule has 1 aliphatic heterocycles. The lowest BCUT2D eigenvalue weighted by molar-refractivity contribution is 0.341. The number of hydrogen-bond acceptors (Lipinski definition) is 3. The third-order valence-corrected chi connectivity index (χ3v) is 3.88. The second-order valence-corrected chi connectivity index (χ2v) is 5.49. The molecule has 0 radical (unpaired) electrons. The smallest absolute Gasteiger partial charge is 0.142 e. The van der Waals surface area contributed by atoms with Gasteiger partial charge in [0.05, 0.1) is 12.3 Å². The molecule has 0 atom stereocenters. The molecule has 0 bridgehead atoms. The van der Waals surface area contributed by atoms with Crippen molar-refractivity contribution in [2.24, 2.45) is 0 Å². The number of anilines is 2. The molecule has 0 unspecified atom stereocenters. The topological polar surface area (TPSA) is 33.3 Å². The highest BCUT2D eigenvalue weighted by molar-refractivity contribution is 6.30. The van der Waals surface area contributed by atoms with Crippen molar-refractivity contribution in [3.05, 3.63) is 52.5 Å². The second kappa shape index (κ2) is 6.27. The van der Waals surface area contributed by atoms with Crippen LogP contribution in [0.25, 0.3) is 0 Å². The van der Waals surface area contributed by atoms with E-state index in [4.69, 9.17) is 16.3 Å². The van der Waals surface area contributed by atoms with Crippen molar-refractivity contribution in [2.45, 2.75) is 19.9 Å². The molecule has 3 rings (SSSR count). The minimum Gasteiger partial charge on any atom is -0.492 e. The summed E-state index contributed by atoms with van der Waals surface area (Å²) in [6.07, 6.45) is 1.10. The number of nitrogens with one attached hydrogen (secondary N) is 2. The first-order valence-corrected chi connectivity index (χ1v) is 7.66. The van der Waals surface area contributed by atoms with Crippen molar-refractivity contribution in [3.8, 4) is 5.75 Å². The standard InChI is InChI=1S/C17H19ClN2O/c1-2-21-16-7-6-14(18)10-15(16)20-11-13-5-3-4-12-8-9-19-17(12)13/h3-7,10,19-20H,2,8-9,11H2,1H3. The summed E-state index contributed by atoms with van der Waals surface area (Å²) < 4.78 is 5.64. The van der Waals surface area contributed by atoms with Gasteiger partial charge in [-0.25, -0.2) is 0 Å². The van der Waals surface area contributed by atoms with E-state index in [1.54, 1.807) is 0 Å². The Morgan fingerprint density at radius 3 is 3.05 bits per heavy atom. The molecule has 2 aromatic carbocycles. The largest absolute Gasteiger partial charge is 0.492 e. The molecule has 4 heteroatoms. The molecular weight excluding hydrogens is 284 g/mol. The van der Waals surface area contributed by atoms with Gasteiger partial charge in [0.25, 0.3) is 0 Å². The average molecular weight is 303 g/mol. The van der Waals surface area contributed by atoms with Crippen LogP contribution in [0, 0.1) is 0 Å². The van der Waals surface area contributed by atoms with Crippen LogP contribution < -0.4 is 15.4 Å². The minimum absolute atomic E-state index is 0.638.